The van der Waals surface area contributed by atoms with Crippen LogP contribution in [0.25, 0.3) is 11.0 Å². The van der Waals surface area contributed by atoms with Gasteiger partial charge in [0.25, 0.3) is 5.91 Å². The van der Waals surface area contributed by atoms with Crippen LogP contribution in [0.15, 0.2) is 78.0 Å². The molecule has 3 aromatic carbocycles. The van der Waals surface area contributed by atoms with Gasteiger partial charge in [-0.3, -0.25) is 9.59 Å². The number of aromatic amines is 1. The number of fused-ring (bicyclic) bond motifs is 1. The number of amides is 2. The highest BCUT2D eigenvalue weighted by Gasteiger charge is 2.15. The van der Waals surface area contributed by atoms with Gasteiger partial charge in [0.05, 0.1) is 17.6 Å². The molecule has 0 aliphatic heterocycles. The molecule has 0 spiro atoms. The minimum atomic E-state index is -0.293. The van der Waals surface area contributed by atoms with Crippen LogP contribution >= 0.6 is 11.8 Å². The minimum Gasteiger partial charge on any atom is -0.333 e. The molecule has 2 amide bonds. The molecule has 0 radical (unpaired) electrons. The van der Waals surface area contributed by atoms with Gasteiger partial charge in [-0.2, -0.15) is 0 Å². The third-order valence-corrected chi connectivity index (χ3v) is 5.93. The molecule has 33 heavy (non-hydrogen) atoms. The van der Waals surface area contributed by atoms with E-state index in [2.05, 4.69) is 21.2 Å². The number of likely N-dealkylation sites (N-methyl/N-ethyl adjacent to an activating group) is 1. The van der Waals surface area contributed by atoms with Crippen LogP contribution in [-0.2, 0) is 10.5 Å². The molecule has 7 heteroatoms. The number of aromatic nitrogens is 2. The number of nitrogens with one attached hydrogen (secondary N) is 2. The number of nitrogens with zero attached hydrogens (tertiary/aromatic N) is 2. The van der Waals surface area contributed by atoms with Gasteiger partial charge in [-0.25, -0.2) is 4.98 Å². The van der Waals surface area contributed by atoms with E-state index >= 15 is 0 Å². The van der Waals surface area contributed by atoms with E-state index in [-0.39, 0.29) is 18.4 Å². The Balaban J connectivity index is 1.31. The molecule has 0 fully saturated rings. The maximum atomic E-state index is 12.7. The van der Waals surface area contributed by atoms with Gasteiger partial charge < -0.3 is 15.2 Å². The fraction of sp³-hybridized carbons (Fsp3) is 0.115. The summed E-state index contributed by atoms with van der Waals surface area (Å²) in [7, 11) is 1.60. The van der Waals surface area contributed by atoms with Gasteiger partial charge in [-0.05, 0) is 48.0 Å². The van der Waals surface area contributed by atoms with Crippen LogP contribution in [0.2, 0.25) is 0 Å². The van der Waals surface area contributed by atoms with E-state index in [0.29, 0.717) is 16.8 Å². The standard InChI is InChI=1S/C26H22N4O2S/c1-3-18-7-6-8-21(15-18)27-24(31)16-30(2)25(32)20-13-11-19(12-14-20)17-33-26-28-22-9-4-5-10-23(22)29-26/h1,4-15H,16-17H2,2H3,(H,27,31)(H,28,29). The predicted octanol–water partition coefficient (Wildman–Crippen LogP) is 4.55. The lowest BCUT2D eigenvalue weighted by atomic mass is 10.1. The Morgan fingerprint density at radius 3 is 2.64 bits per heavy atom. The van der Waals surface area contributed by atoms with Crippen LogP contribution in [0.3, 0.4) is 0 Å². The van der Waals surface area contributed by atoms with Crippen molar-refractivity contribution in [3.63, 3.8) is 0 Å². The van der Waals surface area contributed by atoms with E-state index < -0.39 is 0 Å². The third-order valence-electron chi connectivity index (χ3n) is 4.98. The molecule has 2 N–H and O–H groups in total. The van der Waals surface area contributed by atoms with Crippen molar-refractivity contribution in [2.24, 2.45) is 0 Å². The highest BCUT2D eigenvalue weighted by molar-refractivity contribution is 7.98. The number of carbonyl (C=O) groups is 2. The summed E-state index contributed by atoms with van der Waals surface area (Å²) in [6.45, 7) is -0.0667. The number of para-hydroxylation sites is 2. The zero-order chi connectivity index (χ0) is 23.2. The van der Waals surface area contributed by atoms with Gasteiger partial charge in [-0.1, -0.05) is 48.0 Å². The molecule has 6 nitrogen and oxygen atoms in total. The fourth-order valence-electron chi connectivity index (χ4n) is 3.29. The zero-order valence-corrected chi connectivity index (χ0v) is 18.9. The molecule has 0 atom stereocenters. The Kier molecular flexibility index (Phi) is 6.77. The topological polar surface area (TPSA) is 78.1 Å². The van der Waals surface area contributed by atoms with Crippen molar-refractivity contribution in [2.75, 3.05) is 18.9 Å². The number of carbonyl (C=O) groups excluding carboxylic acids is 2. The van der Waals surface area contributed by atoms with Crippen molar-refractivity contribution >= 4 is 40.3 Å². The van der Waals surface area contributed by atoms with Crippen molar-refractivity contribution in [3.05, 3.63) is 89.5 Å². The summed E-state index contributed by atoms with van der Waals surface area (Å²) >= 11 is 1.60. The van der Waals surface area contributed by atoms with E-state index in [1.807, 2.05) is 36.4 Å². The Hall–Kier alpha value is -4.02. The average Bonchev–Trinajstić information content (AvgIpc) is 3.25. The molecule has 0 unspecified atom stereocenters. The first kappa shape index (κ1) is 22.2. The van der Waals surface area contributed by atoms with Crippen molar-refractivity contribution in [2.45, 2.75) is 10.9 Å². The number of anilines is 1. The number of hydrogen-bond donors (Lipinski definition) is 2. The molecular formula is C26H22N4O2S. The van der Waals surface area contributed by atoms with E-state index in [1.165, 1.54) is 4.90 Å². The largest absolute Gasteiger partial charge is 0.333 e. The second kappa shape index (κ2) is 10.1. The van der Waals surface area contributed by atoms with Gasteiger partial charge in [0.1, 0.15) is 0 Å². The number of terminal acetylenes is 1. The number of benzene rings is 3. The molecule has 0 aliphatic carbocycles. The van der Waals surface area contributed by atoms with E-state index in [9.17, 15) is 9.59 Å². The van der Waals surface area contributed by atoms with Crippen LogP contribution in [0.5, 0.6) is 0 Å². The highest BCUT2D eigenvalue weighted by atomic mass is 32.2. The Labute approximate surface area is 196 Å². The number of hydrogen-bond acceptors (Lipinski definition) is 4. The monoisotopic (exact) mass is 454 g/mol. The number of thioether (sulfide) groups is 1. The molecule has 0 aliphatic rings. The van der Waals surface area contributed by atoms with Crippen LogP contribution in [0.1, 0.15) is 21.5 Å². The highest BCUT2D eigenvalue weighted by Crippen LogP contribution is 2.23. The normalized spacial score (nSPS) is 10.5. The summed E-state index contributed by atoms with van der Waals surface area (Å²) in [6, 6.07) is 22.3. The number of imidazole rings is 1. The Morgan fingerprint density at radius 1 is 1.09 bits per heavy atom. The first-order valence-corrected chi connectivity index (χ1v) is 11.3. The first-order chi connectivity index (χ1) is 16.0. The molecular weight excluding hydrogens is 432 g/mol. The van der Waals surface area contributed by atoms with Crippen molar-refractivity contribution < 1.29 is 9.59 Å². The van der Waals surface area contributed by atoms with E-state index in [0.717, 1.165) is 27.5 Å². The second-order valence-corrected chi connectivity index (χ2v) is 8.44. The summed E-state index contributed by atoms with van der Waals surface area (Å²) in [4.78, 5) is 34.3. The van der Waals surface area contributed by atoms with Crippen molar-refractivity contribution in [1.82, 2.24) is 14.9 Å². The van der Waals surface area contributed by atoms with Crippen LogP contribution in [0.4, 0.5) is 5.69 Å². The van der Waals surface area contributed by atoms with Gasteiger partial charge in [0, 0.05) is 29.6 Å². The van der Waals surface area contributed by atoms with Gasteiger partial charge in [0.15, 0.2) is 5.16 Å². The van der Waals surface area contributed by atoms with Crippen molar-refractivity contribution in [1.29, 1.82) is 0 Å². The van der Waals surface area contributed by atoms with Crippen LogP contribution in [-0.4, -0.2) is 40.3 Å². The van der Waals surface area contributed by atoms with Crippen LogP contribution < -0.4 is 5.32 Å². The quantitative estimate of drug-likeness (QED) is 0.317. The van der Waals surface area contributed by atoms with Gasteiger partial charge in [-0.15, -0.1) is 6.42 Å². The molecule has 0 bridgehead atoms. The number of H-pyrrole nitrogens is 1. The smallest absolute Gasteiger partial charge is 0.254 e. The molecule has 4 aromatic rings. The zero-order valence-electron chi connectivity index (χ0n) is 18.0. The second-order valence-electron chi connectivity index (χ2n) is 7.48. The fourth-order valence-corrected chi connectivity index (χ4v) is 4.13. The summed E-state index contributed by atoms with van der Waals surface area (Å²) in [5.41, 5.74) is 4.83. The van der Waals surface area contributed by atoms with Gasteiger partial charge >= 0.3 is 0 Å². The maximum Gasteiger partial charge on any atom is 0.254 e. The average molecular weight is 455 g/mol. The summed E-state index contributed by atoms with van der Waals surface area (Å²) in [6.07, 6.45) is 5.39. The minimum absolute atomic E-state index is 0.0667. The Morgan fingerprint density at radius 2 is 1.88 bits per heavy atom. The molecule has 0 saturated carbocycles. The lowest BCUT2D eigenvalue weighted by Crippen LogP contribution is -2.34. The Bertz CT molecular complexity index is 1310. The molecule has 164 valence electrons. The third kappa shape index (κ3) is 5.62. The molecule has 0 saturated heterocycles. The summed E-state index contributed by atoms with van der Waals surface area (Å²) < 4.78 is 0. The van der Waals surface area contributed by atoms with E-state index in [1.54, 1.807) is 55.2 Å². The van der Waals surface area contributed by atoms with Gasteiger partial charge in [0.2, 0.25) is 5.91 Å². The lowest BCUT2D eigenvalue weighted by molar-refractivity contribution is -0.116. The molecule has 1 aromatic heterocycles. The lowest BCUT2D eigenvalue weighted by Gasteiger charge is -2.17. The first-order valence-electron chi connectivity index (χ1n) is 10.3. The number of rotatable bonds is 7. The molecule has 4 rings (SSSR count). The SMILES string of the molecule is C#Cc1cccc(NC(=O)CN(C)C(=O)c2ccc(CSc3nc4ccccc4[nH]3)cc2)c1. The van der Waals surface area contributed by atoms with Crippen LogP contribution in [0, 0.1) is 12.3 Å². The summed E-state index contributed by atoms with van der Waals surface area (Å²) in [5, 5.41) is 3.62. The predicted molar refractivity (Wildman–Crippen MR) is 132 cm³/mol. The summed E-state index contributed by atoms with van der Waals surface area (Å²) in [5.74, 6) is 2.74. The molecule has 1 heterocycles. The van der Waals surface area contributed by atoms with E-state index in [4.69, 9.17) is 6.42 Å². The maximum absolute atomic E-state index is 12.7. The van der Waals surface area contributed by atoms with Crippen molar-refractivity contribution in [3.8, 4) is 12.3 Å².